The van der Waals surface area contributed by atoms with Crippen molar-refractivity contribution in [3.05, 3.63) is 27.9 Å². The molecule has 0 aliphatic heterocycles. The number of hydrogen-bond donors (Lipinski definition) is 0. The van der Waals surface area contributed by atoms with Gasteiger partial charge in [-0.05, 0) is 36.7 Å². The first-order chi connectivity index (χ1) is 8.04. The summed E-state index contributed by atoms with van der Waals surface area (Å²) in [4.78, 5) is 20.2. The summed E-state index contributed by atoms with van der Waals surface area (Å²) in [5.74, 6) is -0.430. The van der Waals surface area contributed by atoms with Crippen LogP contribution >= 0.6 is 15.9 Å². The molecule has 2 aromatic heterocycles. The van der Waals surface area contributed by atoms with Crippen LogP contribution < -0.4 is 0 Å². The highest BCUT2D eigenvalue weighted by Crippen LogP contribution is 2.21. The molecule has 0 aromatic carbocycles. The quantitative estimate of drug-likeness (QED) is 0.798. The summed E-state index contributed by atoms with van der Waals surface area (Å²) in [5.41, 5.74) is 2.58. The van der Waals surface area contributed by atoms with Crippen molar-refractivity contribution in [3.63, 3.8) is 0 Å². The molecule has 0 atom stereocenters. The Kier molecular flexibility index (Phi) is 3.15. The van der Waals surface area contributed by atoms with Gasteiger partial charge in [0.15, 0.2) is 11.3 Å². The predicted octanol–water partition coefficient (Wildman–Crippen LogP) is 2.29. The first-order valence-electron chi connectivity index (χ1n) is 5.23. The number of hydrogen-bond acceptors (Lipinski definition) is 4. The minimum Gasteiger partial charge on any atom is -0.461 e. The third-order valence-electron chi connectivity index (χ3n) is 2.31. The molecule has 2 heterocycles. The Hall–Kier alpha value is -1.43. The van der Waals surface area contributed by atoms with Gasteiger partial charge in [-0.2, -0.15) is 0 Å². The van der Waals surface area contributed by atoms with Gasteiger partial charge in [0.25, 0.3) is 0 Å². The number of carbonyl (C=O) groups is 1. The van der Waals surface area contributed by atoms with Crippen molar-refractivity contribution in [3.8, 4) is 0 Å². The molecule has 0 N–H and O–H groups in total. The Labute approximate surface area is 107 Å². The zero-order chi connectivity index (χ0) is 12.6. The lowest BCUT2D eigenvalue weighted by Gasteiger charge is -2.00. The maximum Gasteiger partial charge on any atom is 0.359 e. The van der Waals surface area contributed by atoms with Crippen LogP contribution in [-0.2, 0) is 4.74 Å². The van der Waals surface area contributed by atoms with Crippen LogP contribution in [0, 0.1) is 13.8 Å². The van der Waals surface area contributed by atoms with Crippen LogP contribution in [0.3, 0.4) is 0 Å². The SMILES string of the molecule is CCOC(=O)c1nc2c(C)nc(C)cn2c1Br. The fourth-order valence-electron chi connectivity index (χ4n) is 1.65. The number of rotatable bonds is 2. The van der Waals surface area contributed by atoms with Crippen molar-refractivity contribution in [1.29, 1.82) is 0 Å². The van der Waals surface area contributed by atoms with Gasteiger partial charge in [-0.15, -0.1) is 0 Å². The first kappa shape index (κ1) is 12.0. The molecule has 17 heavy (non-hydrogen) atoms. The fourth-order valence-corrected chi connectivity index (χ4v) is 2.17. The largest absolute Gasteiger partial charge is 0.461 e. The average molecular weight is 298 g/mol. The number of fused-ring (bicyclic) bond motifs is 1. The normalized spacial score (nSPS) is 10.8. The van der Waals surface area contributed by atoms with E-state index in [-0.39, 0.29) is 5.69 Å². The number of imidazole rings is 1. The van der Waals surface area contributed by atoms with Gasteiger partial charge in [0.05, 0.1) is 18.0 Å². The Morgan fingerprint density at radius 2 is 2.18 bits per heavy atom. The van der Waals surface area contributed by atoms with E-state index >= 15 is 0 Å². The first-order valence-corrected chi connectivity index (χ1v) is 6.02. The van der Waals surface area contributed by atoms with E-state index in [9.17, 15) is 4.79 Å². The maximum absolute atomic E-state index is 11.7. The minimum absolute atomic E-state index is 0.280. The van der Waals surface area contributed by atoms with Crippen molar-refractivity contribution in [1.82, 2.24) is 14.4 Å². The molecule has 90 valence electrons. The van der Waals surface area contributed by atoms with Gasteiger partial charge in [-0.1, -0.05) is 0 Å². The lowest BCUT2D eigenvalue weighted by Crippen LogP contribution is -2.05. The molecule has 5 nitrogen and oxygen atoms in total. The monoisotopic (exact) mass is 297 g/mol. The van der Waals surface area contributed by atoms with Crippen molar-refractivity contribution >= 4 is 27.5 Å². The van der Waals surface area contributed by atoms with Gasteiger partial charge in [0, 0.05) is 6.20 Å². The van der Waals surface area contributed by atoms with Crippen molar-refractivity contribution < 1.29 is 9.53 Å². The minimum atomic E-state index is -0.430. The molecule has 2 rings (SSSR count). The van der Waals surface area contributed by atoms with Crippen LogP contribution in [0.4, 0.5) is 0 Å². The highest BCUT2D eigenvalue weighted by atomic mass is 79.9. The highest BCUT2D eigenvalue weighted by molar-refractivity contribution is 9.10. The molecule has 0 saturated heterocycles. The second-order valence-electron chi connectivity index (χ2n) is 3.63. The molecule has 0 unspecified atom stereocenters. The van der Waals surface area contributed by atoms with Gasteiger partial charge in [-0.3, -0.25) is 9.38 Å². The summed E-state index contributed by atoms with van der Waals surface area (Å²) in [7, 11) is 0. The van der Waals surface area contributed by atoms with Crippen molar-refractivity contribution in [2.24, 2.45) is 0 Å². The summed E-state index contributed by atoms with van der Waals surface area (Å²) in [6.45, 7) is 5.84. The fraction of sp³-hybridized carbons (Fsp3) is 0.364. The van der Waals surface area contributed by atoms with Crippen LogP contribution in [0.15, 0.2) is 10.8 Å². The Bertz CT molecular complexity index is 592. The molecule has 0 bridgehead atoms. The van der Waals surface area contributed by atoms with Gasteiger partial charge in [0.1, 0.15) is 4.60 Å². The van der Waals surface area contributed by atoms with Gasteiger partial charge in [0.2, 0.25) is 0 Å². The third-order valence-corrected chi connectivity index (χ3v) is 3.06. The predicted molar refractivity (Wildman–Crippen MR) is 66.1 cm³/mol. The van der Waals surface area contributed by atoms with Gasteiger partial charge >= 0.3 is 5.97 Å². The maximum atomic E-state index is 11.7. The Balaban J connectivity index is 2.64. The van der Waals surface area contributed by atoms with E-state index in [0.29, 0.717) is 16.9 Å². The van der Waals surface area contributed by atoms with Crippen molar-refractivity contribution in [2.75, 3.05) is 6.61 Å². The van der Waals surface area contributed by atoms with E-state index in [0.717, 1.165) is 11.4 Å². The van der Waals surface area contributed by atoms with Crippen LogP contribution in [0.25, 0.3) is 5.65 Å². The molecule has 0 saturated carbocycles. The van der Waals surface area contributed by atoms with Crippen LogP contribution in [0.5, 0.6) is 0 Å². The Morgan fingerprint density at radius 3 is 2.82 bits per heavy atom. The van der Waals surface area contributed by atoms with Crippen LogP contribution in [-0.4, -0.2) is 26.9 Å². The number of aromatic nitrogens is 3. The smallest absolute Gasteiger partial charge is 0.359 e. The molecule has 0 spiro atoms. The molecular weight excluding hydrogens is 286 g/mol. The molecule has 0 aliphatic carbocycles. The number of ether oxygens (including phenoxy) is 1. The topological polar surface area (TPSA) is 56.5 Å². The number of nitrogens with zero attached hydrogens (tertiary/aromatic N) is 3. The van der Waals surface area contributed by atoms with E-state index in [1.54, 1.807) is 11.3 Å². The van der Waals surface area contributed by atoms with Crippen LogP contribution in [0.1, 0.15) is 28.8 Å². The lowest BCUT2D eigenvalue weighted by molar-refractivity contribution is 0.0519. The molecule has 0 aliphatic rings. The van der Waals surface area contributed by atoms with E-state index in [1.165, 1.54) is 0 Å². The second kappa shape index (κ2) is 4.44. The highest BCUT2D eigenvalue weighted by Gasteiger charge is 2.19. The number of halogens is 1. The molecule has 0 radical (unpaired) electrons. The molecule has 2 aromatic rings. The van der Waals surface area contributed by atoms with E-state index in [1.807, 2.05) is 20.0 Å². The van der Waals surface area contributed by atoms with Crippen LogP contribution in [0.2, 0.25) is 0 Å². The number of esters is 1. The summed E-state index contributed by atoms with van der Waals surface area (Å²) in [5, 5.41) is 0. The third kappa shape index (κ3) is 2.04. The molecule has 6 heteroatoms. The zero-order valence-electron chi connectivity index (χ0n) is 9.82. The standard InChI is InChI=1S/C11H12BrN3O2/c1-4-17-11(16)8-9(12)15-5-6(2)13-7(3)10(15)14-8/h5H,4H2,1-3H3. The average Bonchev–Trinajstić information content (AvgIpc) is 2.57. The summed E-state index contributed by atoms with van der Waals surface area (Å²) in [6, 6.07) is 0. The molecule has 0 fully saturated rings. The van der Waals surface area contributed by atoms with E-state index in [4.69, 9.17) is 4.74 Å². The summed E-state index contributed by atoms with van der Waals surface area (Å²) in [6.07, 6.45) is 1.82. The zero-order valence-corrected chi connectivity index (χ0v) is 11.4. The number of aryl methyl sites for hydroxylation is 2. The summed E-state index contributed by atoms with van der Waals surface area (Å²) >= 11 is 3.36. The summed E-state index contributed by atoms with van der Waals surface area (Å²) < 4.78 is 7.34. The second-order valence-corrected chi connectivity index (χ2v) is 4.38. The molecule has 0 amide bonds. The molecular formula is C11H12BrN3O2. The van der Waals surface area contributed by atoms with E-state index in [2.05, 4.69) is 25.9 Å². The Morgan fingerprint density at radius 1 is 1.47 bits per heavy atom. The van der Waals surface area contributed by atoms with E-state index < -0.39 is 5.97 Å². The van der Waals surface area contributed by atoms with Gasteiger partial charge < -0.3 is 4.74 Å². The van der Waals surface area contributed by atoms with Gasteiger partial charge in [-0.25, -0.2) is 9.78 Å². The van der Waals surface area contributed by atoms with Crippen molar-refractivity contribution in [2.45, 2.75) is 20.8 Å². The number of carbonyl (C=O) groups excluding carboxylic acids is 1. The lowest BCUT2D eigenvalue weighted by atomic mass is 10.4.